The van der Waals surface area contributed by atoms with E-state index in [1.165, 1.54) is 6.42 Å². The van der Waals surface area contributed by atoms with Crippen LogP contribution in [0.25, 0.3) is 10.8 Å². The Bertz CT molecular complexity index is 1290. The second-order valence-electron chi connectivity index (χ2n) is 13.1. The summed E-state index contributed by atoms with van der Waals surface area (Å²) in [5.41, 5.74) is 2.86. The third-order valence-corrected chi connectivity index (χ3v) is 9.44. The van der Waals surface area contributed by atoms with E-state index < -0.39 is 0 Å². The Balaban J connectivity index is 1.47. The van der Waals surface area contributed by atoms with Crippen LogP contribution >= 0.6 is 0 Å². The second kappa shape index (κ2) is 11.4. The maximum atomic E-state index is 13.9. The number of carbonyl (C=O) groups is 3. The number of esters is 1. The summed E-state index contributed by atoms with van der Waals surface area (Å²) >= 11 is 0. The Morgan fingerprint density at radius 2 is 1.60 bits per heavy atom. The van der Waals surface area contributed by atoms with Crippen LogP contribution in [0.2, 0.25) is 0 Å². The van der Waals surface area contributed by atoms with Crippen molar-refractivity contribution in [3.05, 3.63) is 53.6 Å². The number of ether oxygens (including phenoxy) is 1. The van der Waals surface area contributed by atoms with E-state index in [1.54, 1.807) is 11.8 Å². The number of nitrogens with zero attached hydrogens (tertiary/aromatic N) is 2. The van der Waals surface area contributed by atoms with Gasteiger partial charge in [-0.3, -0.25) is 14.5 Å². The summed E-state index contributed by atoms with van der Waals surface area (Å²) in [6.45, 7) is 13.0. The highest BCUT2D eigenvalue weighted by molar-refractivity contribution is 6.27. The lowest BCUT2D eigenvalue weighted by atomic mass is 9.71. The average Bonchev–Trinajstić information content (AvgIpc) is 2.94. The van der Waals surface area contributed by atoms with E-state index in [1.807, 2.05) is 30.3 Å². The average molecular weight is 545 g/mol. The molecule has 0 aromatic heterocycles. The highest BCUT2D eigenvalue weighted by Gasteiger charge is 2.41. The molecule has 2 aliphatic carbocycles. The Hall–Kier alpha value is -3.15. The SMILES string of the molecule is C=C(C)C(=O)OCCN(c1ccc2c3c(cccc13)C(=O)N(C1CCC(C(C)(C)C)CC1)C2=O)C1CCCCC1. The number of imide groups is 1. The fraction of sp³-hybridized carbons (Fsp3) is 0.559. The molecule has 1 heterocycles. The Morgan fingerprint density at radius 1 is 0.950 bits per heavy atom. The van der Waals surface area contributed by atoms with E-state index in [0.717, 1.165) is 67.8 Å². The molecule has 0 saturated heterocycles. The maximum Gasteiger partial charge on any atom is 0.333 e. The number of hydrogen-bond acceptors (Lipinski definition) is 5. The molecule has 3 aliphatic rings. The highest BCUT2D eigenvalue weighted by Crippen LogP contribution is 2.42. The second-order valence-corrected chi connectivity index (χ2v) is 13.1. The molecule has 0 spiro atoms. The zero-order chi connectivity index (χ0) is 28.6. The van der Waals surface area contributed by atoms with Gasteiger partial charge in [0, 0.05) is 45.2 Å². The van der Waals surface area contributed by atoms with Gasteiger partial charge in [0.2, 0.25) is 0 Å². The summed E-state index contributed by atoms with van der Waals surface area (Å²) < 4.78 is 5.49. The maximum absolute atomic E-state index is 13.9. The summed E-state index contributed by atoms with van der Waals surface area (Å²) in [6.07, 6.45) is 9.49. The molecule has 1 aliphatic heterocycles. The van der Waals surface area contributed by atoms with Gasteiger partial charge < -0.3 is 9.64 Å². The van der Waals surface area contributed by atoms with Crippen LogP contribution in [0.3, 0.4) is 0 Å². The summed E-state index contributed by atoms with van der Waals surface area (Å²) in [5.74, 6) is -0.108. The Morgan fingerprint density at radius 3 is 2.23 bits per heavy atom. The summed E-state index contributed by atoms with van der Waals surface area (Å²) in [4.78, 5) is 43.8. The van der Waals surface area contributed by atoms with Crippen molar-refractivity contribution in [2.75, 3.05) is 18.1 Å². The molecule has 2 aromatic rings. The number of anilines is 1. The normalized spacial score (nSPS) is 21.9. The van der Waals surface area contributed by atoms with Crippen molar-refractivity contribution in [3.8, 4) is 0 Å². The largest absolute Gasteiger partial charge is 0.460 e. The quantitative estimate of drug-likeness (QED) is 0.208. The van der Waals surface area contributed by atoms with Gasteiger partial charge in [-0.15, -0.1) is 0 Å². The van der Waals surface area contributed by atoms with E-state index in [9.17, 15) is 14.4 Å². The van der Waals surface area contributed by atoms with Gasteiger partial charge in [-0.25, -0.2) is 4.79 Å². The first-order chi connectivity index (χ1) is 19.1. The van der Waals surface area contributed by atoms with Crippen molar-refractivity contribution in [2.45, 2.75) is 97.6 Å². The van der Waals surface area contributed by atoms with Crippen LogP contribution in [0, 0.1) is 11.3 Å². The smallest absolute Gasteiger partial charge is 0.333 e. The van der Waals surface area contributed by atoms with Crippen molar-refractivity contribution >= 4 is 34.2 Å². The molecule has 2 amide bonds. The van der Waals surface area contributed by atoms with Crippen LogP contribution in [-0.2, 0) is 9.53 Å². The molecule has 214 valence electrons. The highest BCUT2D eigenvalue weighted by atomic mass is 16.5. The standard InChI is InChI=1S/C34H44N2O4/c1-22(2)33(39)40-21-20-35(24-10-7-6-8-11-24)29-19-18-28-30-26(29)12-9-13-27(30)31(37)36(32(28)38)25-16-14-23(15-17-25)34(3,4)5/h9,12-13,18-19,23-25H,1,6-8,10-11,14-17,20-21H2,2-5H3. The summed E-state index contributed by atoms with van der Waals surface area (Å²) in [5, 5.41) is 1.68. The van der Waals surface area contributed by atoms with E-state index in [4.69, 9.17) is 4.74 Å². The van der Waals surface area contributed by atoms with Crippen molar-refractivity contribution in [2.24, 2.45) is 11.3 Å². The Kier molecular flexibility index (Phi) is 8.08. The molecule has 40 heavy (non-hydrogen) atoms. The number of rotatable bonds is 7. The van der Waals surface area contributed by atoms with E-state index in [2.05, 4.69) is 32.3 Å². The van der Waals surface area contributed by atoms with Crippen LogP contribution in [0.15, 0.2) is 42.5 Å². The number of hydrogen-bond donors (Lipinski definition) is 0. The van der Waals surface area contributed by atoms with Crippen molar-refractivity contribution < 1.29 is 19.1 Å². The first-order valence-corrected chi connectivity index (χ1v) is 15.1. The molecule has 0 N–H and O–H groups in total. The first kappa shape index (κ1) is 28.4. The predicted octanol–water partition coefficient (Wildman–Crippen LogP) is 7.30. The van der Waals surface area contributed by atoms with Gasteiger partial charge >= 0.3 is 5.97 Å². The van der Waals surface area contributed by atoms with Gasteiger partial charge in [0.1, 0.15) is 6.61 Å². The van der Waals surface area contributed by atoms with Gasteiger partial charge in [-0.2, -0.15) is 0 Å². The fourth-order valence-electron chi connectivity index (χ4n) is 7.13. The molecular formula is C34H44N2O4. The van der Waals surface area contributed by atoms with E-state index in [0.29, 0.717) is 35.2 Å². The molecule has 0 radical (unpaired) electrons. The molecule has 0 bridgehead atoms. The minimum absolute atomic E-state index is 0.0524. The zero-order valence-electron chi connectivity index (χ0n) is 24.6. The first-order valence-electron chi connectivity index (χ1n) is 15.1. The number of amides is 2. The van der Waals surface area contributed by atoms with Crippen molar-refractivity contribution in [1.82, 2.24) is 4.90 Å². The van der Waals surface area contributed by atoms with Crippen molar-refractivity contribution in [3.63, 3.8) is 0 Å². The molecule has 5 rings (SSSR count). The molecule has 6 heteroatoms. The minimum atomic E-state index is -0.381. The molecular weight excluding hydrogens is 500 g/mol. The third-order valence-electron chi connectivity index (χ3n) is 9.44. The van der Waals surface area contributed by atoms with Gasteiger partial charge in [0.05, 0.1) is 6.54 Å². The predicted molar refractivity (Wildman–Crippen MR) is 160 cm³/mol. The topological polar surface area (TPSA) is 66.9 Å². The molecule has 6 nitrogen and oxygen atoms in total. The lowest BCUT2D eigenvalue weighted by Crippen LogP contribution is -2.49. The molecule has 2 aromatic carbocycles. The lowest BCUT2D eigenvalue weighted by Gasteiger charge is -2.42. The zero-order valence-corrected chi connectivity index (χ0v) is 24.6. The fourth-order valence-corrected chi connectivity index (χ4v) is 7.13. The van der Waals surface area contributed by atoms with E-state index in [-0.39, 0.29) is 35.8 Å². The third kappa shape index (κ3) is 5.42. The van der Waals surface area contributed by atoms with Gasteiger partial charge in [-0.05, 0) is 75.0 Å². The number of carbonyl (C=O) groups excluding carboxylic acids is 3. The van der Waals surface area contributed by atoms with Gasteiger partial charge in [-0.1, -0.05) is 58.7 Å². The molecule has 2 fully saturated rings. The summed E-state index contributed by atoms with van der Waals surface area (Å²) in [7, 11) is 0. The van der Waals surface area contributed by atoms with Crippen molar-refractivity contribution in [1.29, 1.82) is 0 Å². The van der Waals surface area contributed by atoms with Crippen LogP contribution in [0.5, 0.6) is 0 Å². The van der Waals surface area contributed by atoms with Crippen LogP contribution in [-0.4, -0.2) is 47.9 Å². The molecule has 2 saturated carbocycles. The Labute approximate surface area is 238 Å². The monoisotopic (exact) mass is 544 g/mol. The van der Waals surface area contributed by atoms with Gasteiger partial charge in [0.15, 0.2) is 0 Å². The van der Waals surface area contributed by atoms with Crippen LogP contribution in [0.4, 0.5) is 5.69 Å². The summed E-state index contributed by atoms with van der Waals surface area (Å²) in [6, 6.07) is 10.1. The van der Waals surface area contributed by atoms with E-state index >= 15 is 0 Å². The van der Waals surface area contributed by atoms with Gasteiger partial charge in [0.25, 0.3) is 11.8 Å². The lowest BCUT2D eigenvalue weighted by molar-refractivity contribution is -0.138. The number of benzene rings is 2. The minimum Gasteiger partial charge on any atom is -0.460 e. The molecule has 0 unspecified atom stereocenters. The van der Waals surface area contributed by atoms with Crippen LogP contribution in [0.1, 0.15) is 106 Å². The molecule has 0 atom stereocenters. The van der Waals surface area contributed by atoms with Crippen LogP contribution < -0.4 is 4.90 Å².